The van der Waals surface area contributed by atoms with E-state index in [0.717, 1.165) is 6.20 Å². The zero-order valence-corrected chi connectivity index (χ0v) is 12.5. The normalized spacial score (nSPS) is 10.4. The van der Waals surface area contributed by atoms with Gasteiger partial charge in [0.2, 0.25) is 11.7 Å². The van der Waals surface area contributed by atoms with Crippen molar-refractivity contribution < 1.29 is 14.5 Å². The van der Waals surface area contributed by atoms with Crippen molar-refractivity contribution in [2.24, 2.45) is 5.92 Å². The highest BCUT2D eigenvalue weighted by Crippen LogP contribution is 2.24. The van der Waals surface area contributed by atoms with Crippen LogP contribution in [0.1, 0.15) is 13.8 Å². The number of amides is 1. The van der Waals surface area contributed by atoms with Gasteiger partial charge in [-0.2, -0.15) is 9.97 Å². The molecule has 1 heterocycles. The second-order valence-electron chi connectivity index (χ2n) is 4.95. The number of benzene rings is 1. The number of anilines is 2. The van der Waals surface area contributed by atoms with E-state index in [2.05, 4.69) is 15.3 Å². The number of hydrogen-bond acceptors (Lipinski definition) is 7. The molecule has 0 spiro atoms. The first-order valence-electron chi connectivity index (χ1n) is 6.72. The Morgan fingerprint density at radius 2 is 2.00 bits per heavy atom. The van der Waals surface area contributed by atoms with Gasteiger partial charge >= 0.3 is 11.7 Å². The lowest BCUT2D eigenvalue weighted by Gasteiger charge is -2.08. The Hall–Kier alpha value is -3.23. The number of aromatic nitrogens is 2. The van der Waals surface area contributed by atoms with Gasteiger partial charge < -0.3 is 15.8 Å². The van der Waals surface area contributed by atoms with Gasteiger partial charge in [0.1, 0.15) is 11.9 Å². The third kappa shape index (κ3) is 4.13. The summed E-state index contributed by atoms with van der Waals surface area (Å²) in [6.07, 6.45) is 0.981. The Balaban J connectivity index is 2.08. The number of nitrogens with zero attached hydrogens (tertiary/aromatic N) is 3. The zero-order chi connectivity index (χ0) is 17.0. The van der Waals surface area contributed by atoms with Crippen LogP contribution in [0.25, 0.3) is 0 Å². The van der Waals surface area contributed by atoms with Crippen LogP contribution in [0.3, 0.4) is 0 Å². The van der Waals surface area contributed by atoms with E-state index in [1.807, 2.05) is 0 Å². The van der Waals surface area contributed by atoms with E-state index < -0.39 is 4.92 Å². The van der Waals surface area contributed by atoms with Gasteiger partial charge in [0, 0.05) is 11.6 Å². The van der Waals surface area contributed by atoms with Crippen molar-refractivity contribution >= 4 is 23.1 Å². The van der Waals surface area contributed by atoms with Crippen molar-refractivity contribution in [3.8, 4) is 11.8 Å². The lowest BCUT2D eigenvalue weighted by molar-refractivity contribution is -0.384. The number of nitrogens with one attached hydrogen (secondary N) is 1. The summed E-state index contributed by atoms with van der Waals surface area (Å²) < 4.78 is 5.36. The number of carbonyl (C=O) groups excluding carboxylic acids is 1. The van der Waals surface area contributed by atoms with Crippen LogP contribution in [-0.2, 0) is 4.79 Å². The fourth-order valence-corrected chi connectivity index (χ4v) is 1.56. The van der Waals surface area contributed by atoms with Gasteiger partial charge in [0.05, 0.1) is 4.92 Å². The van der Waals surface area contributed by atoms with Gasteiger partial charge in [-0.25, -0.2) is 0 Å². The van der Waals surface area contributed by atoms with E-state index in [-0.39, 0.29) is 29.3 Å². The smallest absolute Gasteiger partial charge is 0.329 e. The zero-order valence-electron chi connectivity index (χ0n) is 12.5. The fraction of sp³-hybridized carbons (Fsp3) is 0.214. The minimum atomic E-state index is -0.675. The molecule has 0 radical (unpaired) electrons. The average molecular weight is 317 g/mol. The van der Waals surface area contributed by atoms with Crippen molar-refractivity contribution in [2.45, 2.75) is 13.8 Å². The van der Waals surface area contributed by atoms with E-state index in [0.29, 0.717) is 11.4 Å². The number of nitrogens with two attached hydrogens (primary N) is 1. The Bertz CT molecular complexity index is 730. The quantitative estimate of drug-likeness (QED) is 0.638. The first kappa shape index (κ1) is 16.1. The van der Waals surface area contributed by atoms with Crippen LogP contribution >= 0.6 is 0 Å². The molecule has 120 valence electrons. The average Bonchev–Trinajstić information content (AvgIpc) is 2.48. The molecule has 2 aromatic rings. The third-order valence-corrected chi connectivity index (χ3v) is 2.83. The van der Waals surface area contributed by atoms with Gasteiger partial charge in [0.15, 0.2) is 0 Å². The molecule has 1 amide bonds. The summed E-state index contributed by atoms with van der Waals surface area (Å²) in [4.78, 5) is 29.0. The fourth-order valence-electron chi connectivity index (χ4n) is 1.56. The molecule has 0 saturated heterocycles. The summed E-state index contributed by atoms with van der Waals surface area (Å²) >= 11 is 0. The van der Waals surface area contributed by atoms with Crippen molar-refractivity contribution in [1.82, 2.24) is 9.97 Å². The van der Waals surface area contributed by atoms with Gasteiger partial charge in [-0.3, -0.25) is 14.9 Å². The number of hydrogen-bond donors (Lipinski definition) is 2. The molecule has 0 saturated carbocycles. The van der Waals surface area contributed by atoms with E-state index in [1.165, 1.54) is 0 Å². The maximum atomic E-state index is 11.6. The maximum absolute atomic E-state index is 11.6. The standard InChI is InChI=1S/C14H15N5O4/c1-8(2)13(20)17-9-3-5-10(6-4-9)23-14-16-7-11(19(21)22)12(15)18-14/h3-8H,1-2H3,(H,17,20)(H2,15,16,18). The molecule has 0 fully saturated rings. The summed E-state index contributed by atoms with van der Waals surface area (Å²) in [5, 5.41) is 13.4. The van der Waals surface area contributed by atoms with Crippen LogP contribution in [0.15, 0.2) is 30.5 Å². The van der Waals surface area contributed by atoms with Crippen LogP contribution < -0.4 is 15.8 Å². The highest BCUT2D eigenvalue weighted by molar-refractivity contribution is 5.92. The van der Waals surface area contributed by atoms with E-state index in [9.17, 15) is 14.9 Å². The SMILES string of the molecule is CC(C)C(=O)Nc1ccc(Oc2ncc([N+](=O)[O-])c(N)n2)cc1. The summed E-state index contributed by atoms with van der Waals surface area (Å²) in [6, 6.07) is 6.43. The van der Waals surface area contributed by atoms with Gasteiger partial charge in [-0.05, 0) is 24.3 Å². The summed E-state index contributed by atoms with van der Waals surface area (Å²) in [6.45, 7) is 3.59. The minimum Gasteiger partial charge on any atom is -0.424 e. The third-order valence-electron chi connectivity index (χ3n) is 2.83. The highest BCUT2D eigenvalue weighted by atomic mass is 16.6. The molecule has 1 aromatic heterocycles. The molecule has 23 heavy (non-hydrogen) atoms. The summed E-state index contributed by atoms with van der Waals surface area (Å²) in [7, 11) is 0. The molecule has 9 nitrogen and oxygen atoms in total. The van der Waals surface area contributed by atoms with E-state index in [1.54, 1.807) is 38.1 Å². The molecule has 1 aromatic carbocycles. The molecule has 0 aliphatic carbocycles. The Kier molecular flexibility index (Phi) is 4.69. The number of nitro groups is 1. The first-order valence-corrected chi connectivity index (χ1v) is 6.72. The minimum absolute atomic E-state index is 0.0925. The van der Waals surface area contributed by atoms with Crippen molar-refractivity contribution in [3.05, 3.63) is 40.6 Å². The van der Waals surface area contributed by atoms with E-state index in [4.69, 9.17) is 10.5 Å². The molecule has 0 unspecified atom stereocenters. The largest absolute Gasteiger partial charge is 0.424 e. The van der Waals surface area contributed by atoms with E-state index >= 15 is 0 Å². The van der Waals surface area contributed by atoms with Gasteiger partial charge in [-0.1, -0.05) is 13.8 Å². The highest BCUT2D eigenvalue weighted by Gasteiger charge is 2.15. The Morgan fingerprint density at radius 3 is 2.52 bits per heavy atom. The maximum Gasteiger partial charge on any atom is 0.329 e. The van der Waals surface area contributed by atoms with Crippen molar-refractivity contribution in [3.63, 3.8) is 0 Å². The second kappa shape index (κ2) is 6.69. The molecular weight excluding hydrogens is 302 g/mol. The summed E-state index contributed by atoms with van der Waals surface area (Å²) in [5.74, 6) is -0.0887. The second-order valence-corrected chi connectivity index (χ2v) is 4.95. The molecule has 0 bridgehead atoms. The van der Waals surface area contributed by atoms with Crippen LogP contribution in [-0.4, -0.2) is 20.8 Å². The number of ether oxygens (including phenoxy) is 1. The molecular formula is C14H15N5O4. The monoisotopic (exact) mass is 317 g/mol. The first-order chi connectivity index (χ1) is 10.9. The molecule has 9 heteroatoms. The lowest BCUT2D eigenvalue weighted by atomic mass is 10.2. The lowest BCUT2D eigenvalue weighted by Crippen LogP contribution is -2.17. The molecule has 0 aliphatic heterocycles. The van der Waals surface area contributed by atoms with Gasteiger partial charge in [-0.15, -0.1) is 0 Å². The Labute approximate surface area is 131 Å². The van der Waals surface area contributed by atoms with Crippen LogP contribution in [0.2, 0.25) is 0 Å². The van der Waals surface area contributed by atoms with Crippen molar-refractivity contribution in [1.29, 1.82) is 0 Å². The molecule has 0 atom stereocenters. The predicted octanol–water partition coefficient (Wildman–Crippen LogP) is 2.35. The van der Waals surface area contributed by atoms with Gasteiger partial charge in [0.25, 0.3) is 0 Å². The topological polar surface area (TPSA) is 133 Å². The van der Waals surface area contributed by atoms with Crippen LogP contribution in [0.5, 0.6) is 11.8 Å². The number of rotatable bonds is 5. The number of nitrogen functional groups attached to an aromatic ring is 1. The van der Waals surface area contributed by atoms with Crippen molar-refractivity contribution in [2.75, 3.05) is 11.1 Å². The van der Waals surface area contributed by atoms with Crippen LogP contribution in [0, 0.1) is 16.0 Å². The molecule has 3 N–H and O–H groups in total. The summed E-state index contributed by atoms with van der Waals surface area (Å²) in [5.41, 5.74) is 5.70. The molecule has 0 aliphatic rings. The van der Waals surface area contributed by atoms with Crippen LogP contribution in [0.4, 0.5) is 17.2 Å². The Morgan fingerprint density at radius 1 is 1.35 bits per heavy atom. The molecule has 2 rings (SSSR count). The number of carbonyl (C=O) groups is 1. The predicted molar refractivity (Wildman–Crippen MR) is 83.1 cm³/mol.